The van der Waals surface area contributed by atoms with Crippen molar-refractivity contribution in [3.05, 3.63) is 24.2 Å². The molecule has 0 unspecified atom stereocenters. The number of furan rings is 1. The van der Waals surface area contributed by atoms with Crippen LogP contribution in [0.3, 0.4) is 0 Å². The quantitative estimate of drug-likeness (QED) is 0.756. The third-order valence-electron chi connectivity index (χ3n) is 3.02. The molecule has 0 bridgehead atoms. The Labute approximate surface area is 115 Å². The van der Waals surface area contributed by atoms with Gasteiger partial charge in [-0.15, -0.1) is 0 Å². The minimum absolute atomic E-state index is 0.0446. The van der Waals surface area contributed by atoms with Crippen molar-refractivity contribution in [2.45, 2.75) is 25.3 Å². The number of amides is 2. The van der Waals surface area contributed by atoms with Crippen molar-refractivity contribution in [1.82, 2.24) is 10.2 Å². The summed E-state index contributed by atoms with van der Waals surface area (Å²) in [5.41, 5.74) is 0.391. The van der Waals surface area contributed by atoms with Gasteiger partial charge in [-0.1, -0.05) is 0 Å². The smallest absolute Gasteiger partial charge is 0.323 e. The predicted octanol–water partition coefficient (Wildman–Crippen LogP) is 0.475. The average molecular weight is 280 g/mol. The first-order chi connectivity index (χ1) is 9.58. The molecule has 2 N–H and O–H groups in total. The van der Waals surface area contributed by atoms with Crippen molar-refractivity contribution in [3.63, 3.8) is 0 Å². The summed E-state index contributed by atoms with van der Waals surface area (Å²) in [5.74, 6) is -1.59. The highest BCUT2D eigenvalue weighted by molar-refractivity contribution is 5.94. The van der Waals surface area contributed by atoms with Crippen LogP contribution in [0.5, 0.6) is 0 Å². The Kier molecular flexibility index (Phi) is 4.39. The van der Waals surface area contributed by atoms with Gasteiger partial charge in [-0.2, -0.15) is 0 Å². The number of carboxylic acids is 1. The Morgan fingerprint density at radius 2 is 2.15 bits per heavy atom. The van der Waals surface area contributed by atoms with Crippen LogP contribution >= 0.6 is 0 Å². The molecule has 1 aromatic rings. The Morgan fingerprint density at radius 3 is 2.70 bits per heavy atom. The number of nitrogens with one attached hydrogen (secondary N) is 1. The summed E-state index contributed by atoms with van der Waals surface area (Å²) < 4.78 is 4.78. The van der Waals surface area contributed by atoms with E-state index in [0.29, 0.717) is 5.56 Å². The maximum atomic E-state index is 11.9. The van der Waals surface area contributed by atoms with Gasteiger partial charge in [-0.25, -0.2) is 0 Å². The molecular weight excluding hydrogens is 264 g/mol. The van der Waals surface area contributed by atoms with Crippen LogP contribution in [-0.2, 0) is 9.59 Å². The van der Waals surface area contributed by atoms with Crippen molar-refractivity contribution in [1.29, 1.82) is 0 Å². The van der Waals surface area contributed by atoms with Crippen molar-refractivity contribution in [2.75, 3.05) is 13.1 Å². The number of hydrogen-bond acceptors (Lipinski definition) is 4. The lowest BCUT2D eigenvalue weighted by Crippen LogP contribution is -2.39. The molecule has 0 spiro atoms. The highest BCUT2D eigenvalue weighted by atomic mass is 16.4. The van der Waals surface area contributed by atoms with E-state index in [9.17, 15) is 14.4 Å². The minimum Gasteiger partial charge on any atom is -0.480 e. The minimum atomic E-state index is -1.02. The van der Waals surface area contributed by atoms with E-state index in [-0.39, 0.29) is 37.4 Å². The molecule has 1 fully saturated rings. The first-order valence-electron chi connectivity index (χ1n) is 6.39. The lowest BCUT2D eigenvalue weighted by molar-refractivity contribution is -0.144. The number of carbonyl (C=O) groups excluding carboxylic acids is 2. The summed E-state index contributed by atoms with van der Waals surface area (Å²) >= 11 is 0. The maximum Gasteiger partial charge on any atom is 0.323 e. The van der Waals surface area contributed by atoms with Crippen LogP contribution in [0.15, 0.2) is 23.0 Å². The molecule has 1 aromatic heterocycles. The predicted molar refractivity (Wildman–Crippen MR) is 68.0 cm³/mol. The largest absolute Gasteiger partial charge is 0.480 e. The van der Waals surface area contributed by atoms with Crippen LogP contribution in [0.25, 0.3) is 0 Å². The lowest BCUT2D eigenvalue weighted by Gasteiger charge is -2.20. The molecule has 2 rings (SSSR count). The molecule has 1 saturated carbocycles. The number of aliphatic carboxylic acids is 1. The molecule has 0 atom stereocenters. The second-order valence-electron chi connectivity index (χ2n) is 4.66. The molecule has 0 aromatic carbocycles. The van der Waals surface area contributed by atoms with Gasteiger partial charge >= 0.3 is 5.97 Å². The Balaban J connectivity index is 1.76. The van der Waals surface area contributed by atoms with Crippen LogP contribution in [0.2, 0.25) is 0 Å². The summed E-state index contributed by atoms with van der Waals surface area (Å²) in [5, 5.41) is 11.4. The molecule has 1 heterocycles. The number of carboxylic acid groups (broad SMARTS) is 1. The van der Waals surface area contributed by atoms with E-state index in [2.05, 4.69) is 5.32 Å². The van der Waals surface area contributed by atoms with Gasteiger partial charge in [0.15, 0.2) is 0 Å². The van der Waals surface area contributed by atoms with E-state index in [1.54, 1.807) is 0 Å². The Morgan fingerprint density at radius 1 is 1.40 bits per heavy atom. The summed E-state index contributed by atoms with van der Waals surface area (Å²) in [6.45, 7) is -0.106. The van der Waals surface area contributed by atoms with Crippen LogP contribution in [-0.4, -0.2) is 46.9 Å². The Hall–Kier alpha value is -2.31. The van der Waals surface area contributed by atoms with Crippen LogP contribution in [0.1, 0.15) is 29.6 Å². The molecule has 1 aliphatic carbocycles. The first-order valence-corrected chi connectivity index (χ1v) is 6.39. The molecule has 0 aliphatic heterocycles. The monoisotopic (exact) mass is 280 g/mol. The molecule has 108 valence electrons. The van der Waals surface area contributed by atoms with E-state index in [4.69, 9.17) is 9.52 Å². The van der Waals surface area contributed by atoms with Gasteiger partial charge in [0.25, 0.3) is 5.91 Å². The van der Waals surface area contributed by atoms with Crippen molar-refractivity contribution >= 4 is 17.8 Å². The number of carbonyl (C=O) groups is 3. The van der Waals surface area contributed by atoms with E-state index in [1.165, 1.54) is 23.5 Å². The standard InChI is InChI=1S/C13H16N2O5/c16-11(15(7-12(17)18)10-1-2-10)3-5-14-13(19)9-4-6-20-8-9/h4,6,8,10H,1-3,5,7H2,(H,14,19)(H,17,18). The zero-order valence-electron chi connectivity index (χ0n) is 10.9. The molecule has 7 nitrogen and oxygen atoms in total. The Bertz CT molecular complexity index is 493. The zero-order chi connectivity index (χ0) is 14.5. The van der Waals surface area contributed by atoms with Crippen LogP contribution < -0.4 is 5.32 Å². The first kappa shape index (κ1) is 14.1. The van der Waals surface area contributed by atoms with Gasteiger partial charge in [0.1, 0.15) is 12.8 Å². The fraction of sp³-hybridized carbons (Fsp3) is 0.462. The highest BCUT2D eigenvalue weighted by Crippen LogP contribution is 2.27. The summed E-state index contributed by atoms with van der Waals surface area (Å²) in [6, 6.07) is 1.57. The van der Waals surface area contributed by atoms with E-state index in [1.807, 2.05) is 0 Å². The van der Waals surface area contributed by atoms with Crippen molar-refractivity contribution in [2.24, 2.45) is 0 Å². The molecule has 2 amide bonds. The van der Waals surface area contributed by atoms with E-state index in [0.717, 1.165) is 12.8 Å². The average Bonchev–Trinajstić information content (AvgIpc) is 3.08. The molecule has 7 heteroatoms. The molecule has 20 heavy (non-hydrogen) atoms. The SMILES string of the molecule is O=C(O)CN(C(=O)CCNC(=O)c1ccoc1)C1CC1. The van der Waals surface area contributed by atoms with Gasteiger partial charge in [-0.3, -0.25) is 14.4 Å². The molecule has 1 aliphatic rings. The fourth-order valence-corrected chi connectivity index (χ4v) is 1.88. The number of hydrogen-bond donors (Lipinski definition) is 2. The normalized spacial score (nSPS) is 13.8. The van der Waals surface area contributed by atoms with Crippen molar-refractivity contribution in [3.8, 4) is 0 Å². The van der Waals surface area contributed by atoms with Crippen LogP contribution in [0, 0.1) is 0 Å². The third kappa shape index (κ3) is 3.84. The number of rotatable bonds is 7. The van der Waals surface area contributed by atoms with Gasteiger partial charge < -0.3 is 19.7 Å². The second kappa shape index (κ2) is 6.23. The molecular formula is C13H16N2O5. The van der Waals surface area contributed by atoms with Crippen LogP contribution in [0.4, 0.5) is 0 Å². The fourth-order valence-electron chi connectivity index (χ4n) is 1.88. The van der Waals surface area contributed by atoms with E-state index < -0.39 is 5.97 Å². The third-order valence-corrected chi connectivity index (χ3v) is 3.02. The topological polar surface area (TPSA) is 99.9 Å². The zero-order valence-corrected chi connectivity index (χ0v) is 10.9. The van der Waals surface area contributed by atoms with Gasteiger partial charge in [0, 0.05) is 19.0 Å². The van der Waals surface area contributed by atoms with Gasteiger partial charge in [0.2, 0.25) is 5.91 Å². The maximum absolute atomic E-state index is 11.9. The number of nitrogens with zero attached hydrogens (tertiary/aromatic N) is 1. The lowest BCUT2D eigenvalue weighted by atomic mass is 10.3. The second-order valence-corrected chi connectivity index (χ2v) is 4.66. The summed E-state index contributed by atoms with van der Waals surface area (Å²) in [4.78, 5) is 35.6. The summed E-state index contributed by atoms with van der Waals surface area (Å²) in [6.07, 6.45) is 4.49. The molecule has 0 saturated heterocycles. The molecule has 0 radical (unpaired) electrons. The summed E-state index contributed by atoms with van der Waals surface area (Å²) in [7, 11) is 0. The van der Waals surface area contributed by atoms with Crippen molar-refractivity contribution < 1.29 is 23.9 Å². The van der Waals surface area contributed by atoms with Gasteiger partial charge in [-0.05, 0) is 18.9 Å². The highest BCUT2D eigenvalue weighted by Gasteiger charge is 2.33. The van der Waals surface area contributed by atoms with E-state index >= 15 is 0 Å². The van der Waals surface area contributed by atoms with Gasteiger partial charge in [0.05, 0.1) is 11.8 Å².